The van der Waals surface area contributed by atoms with Gasteiger partial charge in [-0.05, 0) is 31.9 Å². The number of aromatic nitrogens is 2. The fourth-order valence-corrected chi connectivity index (χ4v) is 2.64. The van der Waals surface area contributed by atoms with Crippen molar-refractivity contribution < 1.29 is 9.35 Å². The fourth-order valence-electron chi connectivity index (χ4n) is 2.22. The van der Waals surface area contributed by atoms with Crippen molar-refractivity contribution in [1.82, 2.24) is 9.97 Å². The minimum Gasteiger partial charge on any atom is -0.609 e. The average Bonchev–Trinajstić information content (AvgIpc) is 2.89. The number of rotatable bonds is 5. The standard InChI is InChI=1S/C14H19N3O2S/c1-10(18)7-8-11-9-15-14(20(2)19)17-13(11)16-12-5-3-4-6-12/h7-9,12H,3-6H2,1-2H3,(H,15,16,17)/b8-7+. The molecule has 0 aliphatic heterocycles. The van der Waals surface area contributed by atoms with Crippen molar-refractivity contribution in [3.8, 4) is 0 Å². The van der Waals surface area contributed by atoms with Crippen LogP contribution in [0.5, 0.6) is 0 Å². The van der Waals surface area contributed by atoms with Crippen LogP contribution >= 0.6 is 0 Å². The minimum absolute atomic E-state index is 0.0278. The molecule has 0 saturated heterocycles. The third kappa shape index (κ3) is 4.05. The molecule has 1 aliphatic carbocycles. The van der Waals surface area contributed by atoms with E-state index in [1.165, 1.54) is 25.8 Å². The zero-order valence-corrected chi connectivity index (χ0v) is 12.6. The summed E-state index contributed by atoms with van der Waals surface area (Å²) in [5, 5.41) is 3.69. The van der Waals surface area contributed by atoms with Crippen LogP contribution in [-0.4, -0.2) is 32.6 Å². The van der Waals surface area contributed by atoms with Crippen LogP contribution in [0.4, 0.5) is 5.82 Å². The first kappa shape index (κ1) is 15.0. The van der Waals surface area contributed by atoms with Gasteiger partial charge in [-0.15, -0.1) is 0 Å². The number of anilines is 1. The number of nitrogens with one attached hydrogen (secondary N) is 1. The second-order valence-corrected chi connectivity index (χ2v) is 6.25. The molecule has 108 valence electrons. The second-order valence-electron chi connectivity index (χ2n) is 4.98. The molecule has 1 fully saturated rings. The molecular formula is C14H19N3O2S. The molecule has 1 heterocycles. The molecule has 20 heavy (non-hydrogen) atoms. The van der Waals surface area contributed by atoms with Crippen LogP contribution < -0.4 is 5.32 Å². The monoisotopic (exact) mass is 293 g/mol. The number of allylic oxidation sites excluding steroid dienone is 1. The lowest BCUT2D eigenvalue weighted by molar-refractivity contribution is -0.112. The van der Waals surface area contributed by atoms with Gasteiger partial charge in [-0.25, -0.2) is 0 Å². The first-order valence-corrected chi connectivity index (χ1v) is 8.27. The summed E-state index contributed by atoms with van der Waals surface area (Å²) in [7, 11) is 0. The van der Waals surface area contributed by atoms with Crippen LogP contribution in [-0.2, 0) is 16.0 Å². The Balaban J connectivity index is 2.26. The molecule has 1 unspecified atom stereocenters. The van der Waals surface area contributed by atoms with E-state index in [1.54, 1.807) is 18.5 Å². The molecule has 6 heteroatoms. The van der Waals surface area contributed by atoms with Crippen LogP contribution in [0.25, 0.3) is 6.08 Å². The summed E-state index contributed by atoms with van der Waals surface area (Å²) < 4.78 is 11.5. The van der Waals surface area contributed by atoms with Crippen molar-refractivity contribution in [3.05, 3.63) is 17.8 Å². The summed E-state index contributed by atoms with van der Waals surface area (Å²) in [4.78, 5) is 19.5. The molecule has 0 bridgehead atoms. The van der Waals surface area contributed by atoms with Gasteiger partial charge in [-0.2, -0.15) is 9.97 Å². The van der Waals surface area contributed by atoms with E-state index in [9.17, 15) is 9.35 Å². The van der Waals surface area contributed by atoms with Crippen LogP contribution in [0.2, 0.25) is 0 Å². The van der Waals surface area contributed by atoms with Gasteiger partial charge in [0.05, 0.1) is 0 Å². The van der Waals surface area contributed by atoms with E-state index in [0.29, 0.717) is 17.0 Å². The molecule has 0 aromatic carbocycles. The molecule has 1 atom stereocenters. The highest BCUT2D eigenvalue weighted by molar-refractivity contribution is 7.90. The van der Waals surface area contributed by atoms with Crippen molar-refractivity contribution in [2.24, 2.45) is 0 Å². The number of hydrogen-bond donors (Lipinski definition) is 1. The first-order valence-electron chi connectivity index (χ1n) is 6.72. The summed E-state index contributed by atoms with van der Waals surface area (Å²) in [6, 6.07) is 0.396. The number of carbonyl (C=O) groups excluding carboxylic acids is 1. The number of carbonyl (C=O) groups is 1. The molecule has 1 aromatic rings. The molecule has 5 nitrogen and oxygen atoms in total. The van der Waals surface area contributed by atoms with Gasteiger partial charge < -0.3 is 9.87 Å². The van der Waals surface area contributed by atoms with Gasteiger partial charge in [0.25, 0.3) is 0 Å². The molecule has 0 radical (unpaired) electrons. The Kier molecular flexibility index (Phi) is 5.14. The number of ketones is 1. The Labute approximate surface area is 122 Å². The molecule has 1 aromatic heterocycles. The van der Waals surface area contributed by atoms with Gasteiger partial charge in [0.2, 0.25) is 0 Å². The van der Waals surface area contributed by atoms with Crippen molar-refractivity contribution in [2.45, 2.75) is 43.8 Å². The van der Waals surface area contributed by atoms with Crippen molar-refractivity contribution in [3.63, 3.8) is 0 Å². The summed E-state index contributed by atoms with van der Waals surface area (Å²) in [5.41, 5.74) is 0.751. The van der Waals surface area contributed by atoms with Gasteiger partial charge in [-0.3, -0.25) is 4.79 Å². The molecule has 0 spiro atoms. The zero-order valence-electron chi connectivity index (χ0n) is 11.8. The minimum atomic E-state index is -1.22. The lowest BCUT2D eigenvalue weighted by atomic mass is 10.2. The summed E-state index contributed by atoms with van der Waals surface area (Å²) in [5.74, 6) is 0.634. The average molecular weight is 293 g/mol. The fraction of sp³-hybridized carbons (Fsp3) is 0.500. The van der Waals surface area contributed by atoms with Crippen molar-refractivity contribution >= 4 is 28.9 Å². The zero-order chi connectivity index (χ0) is 14.5. The SMILES string of the molecule is CC(=O)/C=C/c1cnc([S+](C)[O-])nc1NC1CCCC1. The summed E-state index contributed by atoms with van der Waals surface area (Å²) in [6.45, 7) is 1.50. The number of nitrogens with zero attached hydrogens (tertiary/aromatic N) is 2. The highest BCUT2D eigenvalue weighted by Gasteiger charge is 2.18. The predicted octanol–water partition coefficient (Wildman–Crippen LogP) is 2.17. The molecule has 1 N–H and O–H groups in total. The maximum absolute atomic E-state index is 11.5. The summed E-state index contributed by atoms with van der Waals surface area (Å²) >= 11 is -1.22. The summed E-state index contributed by atoms with van der Waals surface area (Å²) in [6.07, 6.45) is 11.0. The van der Waals surface area contributed by atoms with E-state index in [1.807, 2.05) is 0 Å². The third-order valence-corrected chi connectivity index (χ3v) is 3.96. The van der Waals surface area contributed by atoms with E-state index in [2.05, 4.69) is 15.3 Å². The van der Waals surface area contributed by atoms with E-state index in [0.717, 1.165) is 18.4 Å². The Morgan fingerprint density at radius 3 is 2.80 bits per heavy atom. The van der Waals surface area contributed by atoms with Gasteiger partial charge >= 0.3 is 5.16 Å². The molecule has 0 amide bonds. The maximum atomic E-state index is 11.5. The normalized spacial score (nSPS) is 17.6. The van der Waals surface area contributed by atoms with Crippen molar-refractivity contribution in [2.75, 3.05) is 11.6 Å². The van der Waals surface area contributed by atoms with Gasteiger partial charge in [0.1, 0.15) is 12.1 Å². The molecule has 1 aliphatic rings. The molecule has 2 rings (SSSR count). The smallest absolute Gasteiger partial charge is 0.344 e. The van der Waals surface area contributed by atoms with Gasteiger partial charge in [0, 0.05) is 29.0 Å². The predicted molar refractivity (Wildman–Crippen MR) is 80.0 cm³/mol. The van der Waals surface area contributed by atoms with E-state index >= 15 is 0 Å². The third-order valence-electron chi connectivity index (χ3n) is 3.25. The Morgan fingerprint density at radius 1 is 1.50 bits per heavy atom. The lowest BCUT2D eigenvalue weighted by Crippen LogP contribution is -2.18. The first-order chi connectivity index (χ1) is 9.56. The van der Waals surface area contributed by atoms with Crippen molar-refractivity contribution in [1.29, 1.82) is 0 Å². The van der Waals surface area contributed by atoms with Gasteiger partial charge in [0.15, 0.2) is 5.78 Å². The van der Waals surface area contributed by atoms with Gasteiger partial charge in [-0.1, -0.05) is 12.8 Å². The highest BCUT2D eigenvalue weighted by atomic mass is 32.2. The lowest BCUT2D eigenvalue weighted by Gasteiger charge is -2.15. The Morgan fingerprint density at radius 2 is 2.20 bits per heavy atom. The topological polar surface area (TPSA) is 77.9 Å². The molecule has 1 saturated carbocycles. The largest absolute Gasteiger partial charge is 0.609 e. The Hall–Kier alpha value is -1.40. The Bertz CT molecular complexity index is 511. The van der Waals surface area contributed by atoms with Crippen LogP contribution in [0, 0.1) is 0 Å². The van der Waals surface area contributed by atoms with Crippen LogP contribution in [0.3, 0.4) is 0 Å². The van der Waals surface area contributed by atoms with E-state index in [4.69, 9.17) is 0 Å². The second kappa shape index (κ2) is 6.85. The van der Waals surface area contributed by atoms with Crippen LogP contribution in [0.15, 0.2) is 17.4 Å². The van der Waals surface area contributed by atoms with E-state index in [-0.39, 0.29) is 5.78 Å². The van der Waals surface area contributed by atoms with E-state index < -0.39 is 11.2 Å². The van der Waals surface area contributed by atoms with Crippen LogP contribution in [0.1, 0.15) is 38.2 Å². The molecular weight excluding hydrogens is 274 g/mol. The maximum Gasteiger partial charge on any atom is 0.344 e. The highest BCUT2D eigenvalue weighted by Crippen LogP contribution is 2.24. The number of hydrogen-bond acceptors (Lipinski definition) is 5. The quantitative estimate of drug-likeness (QED) is 0.511.